The summed E-state index contributed by atoms with van der Waals surface area (Å²) in [6.45, 7) is 10.3. The molecule has 1 heterocycles. The molecule has 0 amide bonds. The third-order valence-corrected chi connectivity index (χ3v) is 4.29. The second kappa shape index (κ2) is 8.50. The SMILES string of the molecule is CCNC(=NCCCCN1CCC(C)CC1)NC1CC1. The number of nitrogens with one attached hydrogen (secondary N) is 2. The fraction of sp³-hybridized carbons (Fsp3) is 0.938. The number of hydrogen-bond donors (Lipinski definition) is 2. The lowest BCUT2D eigenvalue weighted by Gasteiger charge is -2.30. The van der Waals surface area contributed by atoms with Gasteiger partial charge < -0.3 is 15.5 Å². The van der Waals surface area contributed by atoms with Crippen LogP contribution in [0.15, 0.2) is 4.99 Å². The molecule has 1 aliphatic carbocycles. The molecule has 2 rings (SSSR count). The molecule has 4 heteroatoms. The minimum atomic E-state index is 0.683. The van der Waals surface area contributed by atoms with Crippen molar-refractivity contribution in [2.24, 2.45) is 10.9 Å². The van der Waals surface area contributed by atoms with Crippen molar-refractivity contribution in [3.8, 4) is 0 Å². The maximum absolute atomic E-state index is 4.66. The van der Waals surface area contributed by atoms with E-state index < -0.39 is 0 Å². The van der Waals surface area contributed by atoms with Gasteiger partial charge in [0.1, 0.15) is 0 Å². The summed E-state index contributed by atoms with van der Waals surface area (Å²) in [4.78, 5) is 7.29. The summed E-state index contributed by atoms with van der Waals surface area (Å²) in [5.74, 6) is 1.95. The van der Waals surface area contributed by atoms with Gasteiger partial charge >= 0.3 is 0 Å². The number of aliphatic imine (C=N–C) groups is 1. The highest BCUT2D eigenvalue weighted by molar-refractivity contribution is 5.80. The van der Waals surface area contributed by atoms with E-state index in [0.29, 0.717) is 6.04 Å². The largest absolute Gasteiger partial charge is 0.357 e. The molecular formula is C16H32N4. The molecule has 1 saturated carbocycles. The molecule has 20 heavy (non-hydrogen) atoms. The van der Waals surface area contributed by atoms with Crippen LogP contribution >= 0.6 is 0 Å². The fourth-order valence-electron chi connectivity index (χ4n) is 2.66. The molecule has 2 N–H and O–H groups in total. The number of hydrogen-bond acceptors (Lipinski definition) is 2. The Labute approximate surface area is 124 Å². The van der Waals surface area contributed by atoms with Gasteiger partial charge in [-0.3, -0.25) is 4.99 Å². The van der Waals surface area contributed by atoms with E-state index >= 15 is 0 Å². The van der Waals surface area contributed by atoms with E-state index in [9.17, 15) is 0 Å². The number of nitrogens with zero attached hydrogens (tertiary/aromatic N) is 2. The van der Waals surface area contributed by atoms with Crippen LogP contribution in [0.5, 0.6) is 0 Å². The first-order chi connectivity index (χ1) is 9.78. The van der Waals surface area contributed by atoms with Crippen LogP contribution in [0.4, 0.5) is 0 Å². The summed E-state index contributed by atoms with van der Waals surface area (Å²) >= 11 is 0. The smallest absolute Gasteiger partial charge is 0.191 e. The Bertz CT molecular complexity index is 291. The monoisotopic (exact) mass is 280 g/mol. The average molecular weight is 280 g/mol. The standard InChI is InChI=1S/C16H32N4/c1-3-17-16(19-15-6-7-15)18-10-4-5-11-20-12-8-14(2)9-13-20/h14-15H,3-13H2,1-2H3,(H2,17,18,19). The van der Waals surface area contributed by atoms with Crippen molar-refractivity contribution in [3.63, 3.8) is 0 Å². The zero-order chi connectivity index (χ0) is 14.2. The van der Waals surface area contributed by atoms with Crippen molar-refractivity contribution in [3.05, 3.63) is 0 Å². The maximum Gasteiger partial charge on any atom is 0.191 e. The Kier molecular flexibility index (Phi) is 6.64. The molecule has 0 unspecified atom stereocenters. The van der Waals surface area contributed by atoms with Crippen molar-refractivity contribution in [1.82, 2.24) is 15.5 Å². The average Bonchev–Trinajstić information content (AvgIpc) is 3.24. The van der Waals surface area contributed by atoms with Gasteiger partial charge in [-0.1, -0.05) is 6.92 Å². The third-order valence-electron chi connectivity index (χ3n) is 4.29. The Balaban J connectivity index is 1.54. The Morgan fingerprint density at radius 3 is 2.55 bits per heavy atom. The van der Waals surface area contributed by atoms with Crippen molar-refractivity contribution in [1.29, 1.82) is 0 Å². The van der Waals surface area contributed by atoms with Gasteiger partial charge in [0.2, 0.25) is 0 Å². The van der Waals surface area contributed by atoms with E-state index in [1.54, 1.807) is 0 Å². The zero-order valence-corrected chi connectivity index (χ0v) is 13.3. The molecule has 0 atom stereocenters. The molecule has 4 nitrogen and oxygen atoms in total. The Hall–Kier alpha value is -0.770. The highest BCUT2D eigenvalue weighted by Crippen LogP contribution is 2.18. The second-order valence-electron chi connectivity index (χ2n) is 6.41. The van der Waals surface area contributed by atoms with Gasteiger partial charge in [-0.15, -0.1) is 0 Å². The van der Waals surface area contributed by atoms with Crippen LogP contribution in [-0.4, -0.2) is 49.6 Å². The first-order valence-electron chi connectivity index (χ1n) is 8.55. The minimum Gasteiger partial charge on any atom is -0.357 e. The van der Waals surface area contributed by atoms with Gasteiger partial charge in [0.05, 0.1) is 0 Å². The molecule has 0 radical (unpaired) electrons. The van der Waals surface area contributed by atoms with Crippen LogP contribution in [0, 0.1) is 5.92 Å². The van der Waals surface area contributed by atoms with E-state index in [-0.39, 0.29) is 0 Å². The summed E-state index contributed by atoms with van der Waals surface area (Å²) in [5, 5.41) is 6.79. The molecule has 0 aromatic heterocycles. The topological polar surface area (TPSA) is 39.7 Å². The van der Waals surface area contributed by atoms with Crippen LogP contribution < -0.4 is 10.6 Å². The van der Waals surface area contributed by atoms with Crippen LogP contribution in [0.3, 0.4) is 0 Å². The van der Waals surface area contributed by atoms with Crippen LogP contribution in [0.2, 0.25) is 0 Å². The molecule has 0 bridgehead atoms. The highest BCUT2D eigenvalue weighted by Gasteiger charge is 2.22. The van der Waals surface area contributed by atoms with E-state index in [4.69, 9.17) is 0 Å². The predicted molar refractivity (Wildman–Crippen MR) is 86.2 cm³/mol. The van der Waals surface area contributed by atoms with E-state index in [0.717, 1.165) is 25.0 Å². The molecule has 1 saturated heterocycles. The second-order valence-corrected chi connectivity index (χ2v) is 6.41. The third kappa shape index (κ3) is 6.12. The van der Waals surface area contributed by atoms with Gasteiger partial charge in [0.25, 0.3) is 0 Å². The summed E-state index contributed by atoms with van der Waals surface area (Å²) in [7, 11) is 0. The lowest BCUT2D eigenvalue weighted by atomic mass is 9.99. The first kappa shape index (κ1) is 15.6. The summed E-state index contributed by atoms with van der Waals surface area (Å²) in [6.07, 6.45) is 7.85. The van der Waals surface area contributed by atoms with Crippen molar-refractivity contribution in [2.45, 2.75) is 58.4 Å². The highest BCUT2D eigenvalue weighted by atomic mass is 15.2. The van der Waals surface area contributed by atoms with Crippen molar-refractivity contribution >= 4 is 5.96 Å². The normalized spacial score (nSPS) is 22.0. The number of likely N-dealkylation sites (tertiary alicyclic amines) is 1. The molecule has 0 aromatic rings. The van der Waals surface area contributed by atoms with E-state index in [1.807, 2.05) is 0 Å². The maximum atomic E-state index is 4.66. The van der Waals surface area contributed by atoms with Crippen LogP contribution in [0.25, 0.3) is 0 Å². The van der Waals surface area contributed by atoms with E-state index in [2.05, 4.69) is 34.4 Å². The van der Waals surface area contributed by atoms with Crippen molar-refractivity contribution in [2.75, 3.05) is 32.7 Å². The van der Waals surface area contributed by atoms with Crippen molar-refractivity contribution < 1.29 is 0 Å². The number of rotatable bonds is 7. The molecule has 2 aliphatic rings. The van der Waals surface area contributed by atoms with Gasteiger partial charge in [-0.2, -0.15) is 0 Å². The summed E-state index contributed by atoms with van der Waals surface area (Å²) in [5.41, 5.74) is 0. The van der Waals surface area contributed by atoms with Crippen LogP contribution in [-0.2, 0) is 0 Å². The first-order valence-corrected chi connectivity index (χ1v) is 8.55. The number of piperidine rings is 1. The van der Waals surface area contributed by atoms with Gasteiger partial charge in [0, 0.05) is 19.1 Å². The van der Waals surface area contributed by atoms with Crippen LogP contribution in [0.1, 0.15) is 52.4 Å². The quantitative estimate of drug-likeness (QED) is 0.427. The Morgan fingerprint density at radius 1 is 1.15 bits per heavy atom. The van der Waals surface area contributed by atoms with Gasteiger partial charge in [-0.25, -0.2) is 0 Å². The lowest BCUT2D eigenvalue weighted by Crippen LogP contribution is -2.38. The zero-order valence-electron chi connectivity index (χ0n) is 13.3. The Morgan fingerprint density at radius 2 is 1.90 bits per heavy atom. The predicted octanol–water partition coefficient (Wildman–Crippen LogP) is 2.22. The minimum absolute atomic E-state index is 0.683. The van der Waals surface area contributed by atoms with Gasteiger partial charge in [0.15, 0.2) is 5.96 Å². The number of guanidine groups is 1. The molecule has 0 aromatic carbocycles. The molecule has 1 aliphatic heterocycles. The van der Waals surface area contributed by atoms with Gasteiger partial charge in [-0.05, 0) is 71.0 Å². The number of unbranched alkanes of at least 4 members (excludes halogenated alkanes) is 1. The molecule has 2 fully saturated rings. The lowest BCUT2D eigenvalue weighted by molar-refractivity contribution is 0.190. The summed E-state index contributed by atoms with van der Waals surface area (Å²) in [6, 6.07) is 0.683. The summed E-state index contributed by atoms with van der Waals surface area (Å²) < 4.78 is 0. The molecular weight excluding hydrogens is 248 g/mol. The van der Waals surface area contributed by atoms with E-state index in [1.165, 1.54) is 58.2 Å². The fourth-order valence-corrected chi connectivity index (χ4v) is 2.66. The molecule has 0 spiro atoms. The molecule has 116 valence electrons.